The second-order valence-corrected chi connectivity index (χ2v) is 6.24. The van der Waals surface area contributed by atoms with Gasteiger partial charge in [0.2, 0.25) is 0 Å². The minimum absolute atomic E-state index is 0.182. The van der Waals surface area contributed by atoms with E-state index in [0.717, 1.165) is 32.4 Å². The maximum absolute atomic E-state index is 12.0. The Balaban J connectivity index is 2.45. The maximum Gasteiger partial charge on any atom is 0.410 e. The van der Waals surface area contributed by atoms with Crippen molar-refractivity contribution >= 4 is 6.09 Å². The van der Waals surface area contributed by atoms with Gasteiger partial charge in [-0.15, -0.1) is 0 Å². The largest absolute Gasteiger partial charge is 0.444 e. The Morgan fingerprint density at radius 1 is 1.50 bits per heavy atom. The normalized spacial score (nSPS) is 22.7. The zero-order chi connectivity index (χ0) is 13.8. The monoisotopic (exact) mass is 256 g/mol. The van der Waals surface area contributed by atoms with Crippen molar-refractivity contribution in [3.63, 3.8) is 0 Å². The molecule has 2 unspecified atom stereocenters. The summed E-state index contributed by atoms with van der Waals surface area (Å²) in [7, 11) is 0. The molecule has 1 amide bonds. The lowest BCUT2D eigenvalue weighted by Crippen LogP contribution is -2.51. The highest BCUT2D eigenvalue weighted by Gasteiger charge is 2.27. The van der Waals surface area contributed by atoms with E-state index in [1.807, 2.05) is 25.7 Å². The maximum atomic E-state index is 12.0. The highest BCUT2D eigenvalue weighted by atomic mass is 16.6. The van der Waals surface area contributed by atoms with Crippen molar-refractivity contribution in [1.29, 1.82) is 0 Å². The zero-order valence-corrected chi connectivity index (χ0v) is 12.5. The molecular formula is C14H28N2O2. The first-order valence-corrected chi connectivity index (χ1v) is 7.05. The van der Waals surface area contributed by atoms with Crippen LogP contribution in [-0.2, 0) is 4.74 Å². The van der Waals surface area contributed by atoms with E-state index in [9.17, 15) is 4.79 Å². The Morgan fingerprint density at radius 2 is 2.17 bits per heavy atom. The van der Waals surface area contributed by atoms with E-state index in [4.69, 9.17) is 4.74 Å². The Kier molecular flexibility index (Phi) is 5.45. The molecule has 18 heavy (non-hydrogen) atoms. The summed E-state index contributed by atoms with van der Waals surface area (Å²) < 4.78 is 5.42. The van der Waals surface area contributed by atoms with E-state index in [1.165, 1.54) is 0 Å². The third-order valence-corrected chi connectivity index (χ3v) is 3.21. The molecule has 2 atom stereocenters. The van der Waals surface area contributed by atoms with E-state index < -0.39 is 5.60 Å². The molecule has 0 aromatic rings. The Labute approximate surface area is 111 Å². The molecule has 1 aliphatic rings. The summed E-state index contributed by atoms with van der Waals surface area (Å²) in [4.78, 5) is 13.8. The molecule has 1 N–H and O–H groups in total. The van der Waals surface area contributed by atoms with Gasteiger partial charge in [-0.1, -0.05) is 6.92 Å². The van der Waals surface area contributed by atoms with Gasteiger partial charge in [0.1, 0.15) is 5.60 Å². The van der Waals surface area contributed by atoms with Gasteiger partial charge in [0.15, 0.2) is 0 Å². The summed E-state index contributed by atoms with van der Waals surface area (Å²) >= 11 is 0. The molecule has 1 heterocycles. The summed E-state index contributed by atoms with van der Waals surface area (Å²) in [5.41, 5.74) is -0.409. The summed E-state index contributed by atoms with van der Waals surface area (Å²) in [5.74, 6) is 0. The Hall–Kier alpha value is -0.770. The highest BCUT2D eigenvalue weighted by Crippen LogP contribution is 2.15. The van der Waals surface area contributed by atoms with Gasteiger partial charge in [0, 0.05) is 25.2 Å². The van der Waals surface area contributed by atoms with E-state index in [2.05, 4.69) is 19.2 Å². The van der Waals surface area contributed by atoms with Crippen molar-refractivity contribution in [3.05, 3.63) is 0 Å². The molecule has 4 heteroatoms. The summed E-state index contributed by atoms with van der Waals surface area (Å²) in [6.45, 7) is 11.7. The third-order valence-electron chi connectivity index (χ3n) is 3.21. The lowest BCUT2D eigenvalue weighted by atomic mass is 10.0. The van der Waals surface area contributed by atoms with Crippen LogP contribution in [0.2, 0.25) is 0 Å². The van der Waals surface area contributed by atoms with Crippen LogP contribution in [-0.4, -0.2) is 41.8 Å². The van der Waals surface area contributed by atoms with Crippen molar-refractivity contribution in [2.24, 2.45) is 0 Å². The summed E-state index contributed by atoms with van der Waals surface area (Å²) in [6.07, 6.45) is 3.12. The molecule has 1 rings (SSSR count). The van der Waals surface area contributed by atoms with Crippen LogP contribution in [0.5, 0.6) is 0 Å². The number of amides is 1. The predicted octanol–water partition coefficient (Wildman–Crippen LogP) is 2.77. The quantitative estimate of drug-likeness (QED) is 0.844. The Bertz CT molecular complexity index is 273. The van der Waals surface area contributed by atoms with Crippen molar-refractivity contribution in [2.45, 2.75) is 71.6 Å². The predicted molar refractivity (Wildman–Crippen MR) is 73.7 cm³/mol. The molecule has 0 aromatic carbocycles. The zero-order valence-electron chi connectivity index (χ0n) is 12.5. The smallest absolute Gasteiger partial charge is 0.410 e. The fourth-order valence-electron chi connectivity index (χ4n) is 2.13. The van der Waals surface area contributed by atoms with Crippen LogP contribution in [0.3, 0.4) is 0 Å². The van der Waals surface area contributed by atoms with Crippen LogP contribution < -0.4 is 5.32 Å². The topological polar surface area (TPSA) is 41.6 Å². The molecule has 4 nitrogen and oxygen atoms in total. The lowest BCUT2D eigenvalue weighted by Gasteiger charge is -2.35. The molecular weight excluding hydrogens is 228 g/mol. The number of nitrogens with one attached hydrogen (secondary N) is 1. The van der Waals surface area contributed by atoms with Crippen LogP contribution in [0.15, 0.2) is 0 Å². The van der Waals surface area contributed by atoms with Gasteiger partial charge in [-0.3, -0.25) is 0 Å². The van der Waals surface area contributed by atoms with E-state index in [1.54, 1.807) is 0 Å². The van der Waals surface area contributed by atoms with E-state index in [0.29, 0.717) is 12.1 Å². The van der Waals surface area contributed by atoms with Crippen molar-refractivity contribution in [1.82, 2.24) is 10.2 Å². The van der Waals surface area contributed by atoms with Crippen LogP contribution in [0, 0.1) is 0 Å². The molecule has 1 fully saturated rings. The standard InChI is InChI=1S/C14H28N2O2/c1-6-11(2)15-12-8-7-9-16(10-12)13(17)18-14(3,4)5/h11-12,15H,6-10H2,1-5H3. The highest BCUT2D eigenvalue weighted by molar-refractivity contribution is 5.68. The third kappa shape index (κ3) is 5.25. The number of piperidine rings is 1. The van der Waals surface area contributed by atoms with Gasteiger partial charge in [-0.05, 0) is 47.0 Å². The molecule has 1 saturated heterocycles. The van der Waals surface area contributed by atoms with Crippen LogP contribution >= 0.6 is 0 Å². The average Bonchev–Trinajstić information content (AvgIpc) is 2.27. The van der Waals surface area contributed by atoms with Gasteiger partial charge in [-0.2, -0.15) is 0 Å². The lowest BCUT2D eigenvalue weighted by molar-refractivity contribution is 0.0184. The molecule has 106 valence electrons. The van der Waals surface area contributed by atoms with E-state index >= 15 is 0 Å². The van der Waals surface area contributed by atoms with Crippen molar-refractivity contribution in [2.75, 3.05) is 13.1 Å². The first-order chi connectivity index (χ1) is 8.31. The number of ether oxygens (including phenoxy) is 1. The summed E-state index contributed by atoms with van der Waals surface area (Å²) in [6, 6.07) is 0.912. The molecule has 0 saturated carbocycles. The van der Waals surface area contributed by atoms with Gasteiger partial charge < -0.3 is 15.0 Å². The first kappa shape index (κ1) is 15.3. The van der Waals surface area contributed by atoms with Crippen molar-refractivity contribution < 1.29 is 9.53 Å². The number of likely N-dealkylation sites (tertiary alicyclic amines) is 1. The molecule has 1 aliphatic heterocycles. The van der Waals surface area contributed by atoms with Crippen LogP contribution in [0.1, 0.15) is 53.9 Å². The number of hydrogen-bond donors (Lipinski definition) is 1. The fraction of sp³-hybridized carbons (Fsp3) is 0.929. The molecule has 0 aliphatic carbocycles. The average molecular weight is 256 g/mol. The van der Waals surface area contributed by atoms with Crippen LogP contribution in [0.4, 0.5) is 4.79 Å². The van der Waals surface area contributed by atoms with Crippen molar-refractivity contribution in [3.8, 4) is 0 Å². The second-order valence-electron chi connectivity index (χ2n) is 6.24. The van der Waals surface area contributed by atoms with Crippen LogP contribution in [0.25, 0.3) is 0 Å². The summed E-state index contributed by atoms with van der Waals surface area (Å²) in [5, 5.41) is 3.57. The molecule has 0 aromatic heterocycles. The van der Waals surface area contributed by atoms with Gasteiger partial charge >= 0.3 is 6.09 Å². The fourth-order valence-corrected chi connectivity index (χ4v) is 2.13. The number of hydrogen-bond acceptors (Lipinski definition) is 3. The van der Waals surface area contributed by atoms with Gasteiger partial charge in [0.05, 0.1) is 0 Å². The van der Waals surface area contributed by atoms with Gasteiger partial charge in [-0.25, -0.2) is 4.79 Å². The molecule has 0 radical (unpaired) electrons. The Morgan fingerprint density at radius 3 is 2.72 bits per heavy atom. The first-order valence-electron chi connectivity index (χ1n) is 7.05. The number of nitrogens with zero attached hydrogens (tertiary/aromatic N) is 1. The molecule has 0 bridgehead atoms. The second kappa shape index (κ2) is 6.41. The SMILES string of the molecule is CCC(C)NC1CCCN(C(=O)OC(C)(C)C)C1. The number of carbonyl (C=O) groups is 1. The van der Waals surface area contributed by atoms with E-state index in [-0.39, 0.29) is 6.09 Å². The minimum atomic E-state index is -0.409. The molecule has 0 spiro atoms. The number of rotatable bonds is 3. The minimum Gasteiger partial charge on any atom is -0.444 e. The van der Waals surface area contributed by atoms with Gasteiger partial charge in [0.25, 0.3) is 0 Å². The number of carbonyl (C=O) groups excluding carboxylic acids is 1.